The molecule has 0 aliphatic carbocycles. The fourth-order valence-electron chi connectivity index (χ4n) is 3.00. The van der Waals surface area contributed by atoms with Gasteiger partial charge in [0.05, 0.1) is 0 Å². The molecule has 1 aliphatic rings. The Labute approximate surface area is 140 Å². The topological polar surface area (TPSA) is 35.6 Å². The first-order valence-corrected chi connectivity index (χ1v) is 8.72. The highest BCUT2D eigenvalue weighted by Gasteiger charge is 2.24. The molecule has 4 heteroatoms. The van der Waals surface area contributed by atoms with Crippen molar-refractivity contribution in [2.75, 3.05) is 39.8 Å². The standard InChI is InChI=1S/C19H31N3O/c1-5-16-8-6-7-9-17(16)18(23)20-19(2,3)10-11-22-14-12-21(4)13-15-22/h6-9H,5,10-15H2,1-4H3,(H,20,23). The third kappa shape index (κ3) is 5.33. The number of carbonyl (C=O) groups excluding carboxylic acids is 1. The van der Waals surface area contributed by atoms with E-state index in [4.69, 9.17) is 0 Å². The number of nitrogens with one attached hydrogen (secondary N) is 1. The summed E-state index contributed by atoms with van der Waals surface area (Å²) in [6.45, 7) is 11.9. The molecule has 0 bridgehead atoms. The fraction of sp³-hybridized carbons (Fsp3) is 0.632. The molecule has 4 nitrogen and oxygen atoms in total. The van der Waals surface area contributed by atoms with E-state index in [9.17, 15) is 4.79 Å². The molecule has 23 heavy (non-hydrogen) atoms. The van der Waals surface area contributed by atoms with Gasteiger partial charge in [0, 0.05) is 43.8 Å². The van der Waals surface area contributed by atoms with E-state index in [0.29, 0.717) is 0 Å². The molecule has 1 amide bonds. The summed E-state index contributed by atoms with van der Waals surface area (Å²) >= 11 is 0. The zero-order valence-electron chi connectivity index (χ0n) is 15.1. The first-order valence-electron chi connectivity index (χ1n) is 8.72. The first kappa shape index (κ1) is 18.0. The minimum atomic E-state index is -0.193. The van der Waals surface area contributed by atoms with Gasteiger partial charge in [-0.1, -0.05) is 25.1 Å². The summed E-state index contributed by atoms with van der Waals surface area (Å²) < 4.78 is 0. The number of carbonyl (C=O) groups is 1. The zero-order valence-corrected chi connectivity index (χ0v) is 15.1. The Morgan fingerprint density at radius 2 is 1.83 bits per heavy atom. The molecule has 1 aromatic rings. The summed E-state index contributed by atoms with van der Waals surface area (Å²) in [4.78, 5) is 17.5. The molecule has 1 saturated heterocycles. The molecule has 1 aliphatic heterocycles. The van der Waals surface area contributed by atoms with Gasteiger partial charge in [0.25, 0.3) is 5.91 Å². The Kier molecular flexibility index (Phi) is 6.19. The van der Waals surface area contributed by atoms with Crippen LogP contribution in [0.5, 0.6) is 0 Å². The van der Waals surface area contributed by atoms with Gasteiger partial charge in [-0.15, -0.1) is 0 Å². The van der Waals surface area contributed by atoms with E-state index in [1.807, 2.05) is 24.3 Å². The van der Waals surface area contributed by atoms with Crippen molar-refractivity contribution in [2.45, 2.75) is 39.2 Å². The van der Waals surface area contributed by atoms with E-state index >= 15 is 0 Å². The van der Waals surface area contributed by atoms with Gasteiger partial charge in [-0.3, -0.25) is 4.79 Å². The van der Waals surface area contributed by atoms with E-state index in [1.54, 1.807) is 0 Å². The molecule has 0 spiro atoms. The molecule has 0 unspecified atom stereocenters. The number of piperazine rings is 1. The quantitative estimate of drug-likeness (QED) is 0.875. The van der Waals surface area contributed by atoms with Crippen molar-refractivity contribution in [3.63, 3.8) is 0 Å². The summed E-state index contributed by atoms with van der Waals surface area (Å²) in [5, 5.41) is 3.22. The molecular formula is C19H31N3O. The first-order chi connectivity index (χ1) is 10.9. The van der Waals surface area contributed by atoms with Crippen LogP contribution in [-0.2, 0) is 6.42 Å². The predicted molar refractivity (Wildman–Crippen MR) is 95.9 cm³/mol. The van der Waals surface area contributed by atoms with Crippen LogP contribution in [-0.4, -0.2) is 61.0 Å². The van der Waals surface area contributed by atoms with Crippen LogP contribution in [0.1, 0.15) is 43.1 Å². The third-order valence-electron chi connectivity index (χ3n) is 4.74. The van der Waals surface area contributed by atoms with Crippen molar-refractivity contribution in [3.05, 3.63) is 35.4 Å². The van der Waals surface area contributed by atoms with Crippen LogP contribution in [0.4, 0.5) is 0 Å². The summed E-state index contributed by atoms with van der Waals surface area (Å²) in [5.41, 5.74) is 1.73. The lowest BCUT2D eigenvalue weighted by molar-refractivity contribution is 0.0892. The predicted octanol–water partition coefficient (Wildman–Crippen LogP) is 2.39. The van der Waals surface area contributed by atoms with Crippen LogP contribution in [0.15, 0.2) is 24.3 Å². The zero-order chi connectivity index (χ0) is 16.9. The Bertz CT molecular complexity index is 519. The van der Waals surface area contributed by atoms with Gasteiger partial charge >= 0.3 is 0 Å². The van der Waals surface area contributed by atoms with Gasteiger partial charge in [0.2, 0.25) is 0 Å². The molecule has 1 aromatic carbocycles. The molecule has 2 rings (SSSR count). The SMILES string of the molecule is CCc1ccccc1C(=O)NC(C)(C)CCN1CCN(C)CC1. The van der Waals surface area contributed by atoms with Crippen molar-refractivity contribution in [2.24, 2.45) is 0 Å². The Balaban J connectivity index is 1.88. The molecular weight excluding hydrogens is 286 g/mol. The number of likely N-dealkylation sites (N-methyl/N-ethyl adjacent to an activating group) is 1. The number of benzene rings is 1. The van der Waals surface area contributed by atoms with Gasteiger partial charge in [0.1, 0.15) is 0 Å². The molecule has 128 valence electrons. The largest absolute Gasteiger partial charge is 0.347 e. The van der Waals surface area contributed by atoms with Gasteiger partial charge in [-0.2, -0.15) is 0 Å². The monoisotopic (exact) mass is 317 g/mol. The number of aryl methyl sites for hydroxylation is 1. The van der Waals surface area contributed by atoms with Gasteiger partial charge in [-0.25, -0.2) is 0 Å². The van der Waals surface area contributed by atoms with Crippen molar-refractivity contribution in [3.8, 4) is 0 Å². The highest BCUT2D eigenvalue weighted by atomic mass is 16.1. The third-order valence-corrected chi connectivity index (χ3v) is 4.74. The minimum absolute atomic E-state index is 0.0471. The van der Waals surface area contributed by atoms with E-state index in [0.717, 1.165) is 56.7 Å². The lowest BCUT2D eigenvalue weighted by Crippen LogP contribution is -2.49. The Hall–Kier alpha value is -1.39. The van der Waals surface area contributed by atoms with Gasteiger partial charge in [0.15, 0.2) is 0 Å². The molecule has 1 fully saturated rings. The van der Waals surface area contributed by atoms with Crippen molar-refractivity contribution < 1.29 is 4.79 Å². The molecule has 0 saturated carbocycles. The van der Waals surface area contributed by atoms with Crippen molar-refractivity contribution >= 4 is 5.91 Å². The van der Waals surface area contributed by atoms with Crippen LogP contribution < -0.4 is 5.32 Å². The number of hydrogen-bond acceptors (Lipinski definition) is 3. The Morgan fingerprint density at radius 3 is 2.48 bits per heavy atom. The summed E-state index contributed by atoms with van der Waals surface area (Å²) in [6.07, 6.45) is 1.85. The average molecular weight is 317 g/mol. The van der Waals surface area contributed by atoms with E-state index in [1.165, 1.54) is 0 Å². The maximum atomic E-state index is 12.6. The van der Waals surface area contributed by atoms with Gasteiger partial charge in [-0.05, 0) is 45.4 Å². The number of amides is 1. The van der Waals surface area contributed by atoms with Crippen molar-refractivity contribution in [1.82, 2.24) is 15.1 Å². The highest BCUT2D eigenvalue weighted by molar-refractivity contribution is 5.96. The van der Waals surface area contributed by atoms with Crippen LogP contribution in [0.2, 0.25) is 0 Å². The Morgan fingerprint density at radius 1 is 1.17 bits per heavy atom. The second-order valence-corrected chi connectivity index (χ2v) is 7.24. The normalized spacial score (nSPS) is 17.2. The molecule has 1 heterocycles. The average Bonchev–Trinajstić information content (AvgIpc) is 2.54. The van der Waals surface area contributed by atoms with Crippen LogP contribution in [0.3, 0.4) is 0 Å². The number of rotatable bonds is 6. The summed E-state index contributed by atoms with van der Waals surface area (Å²) in [6, 6.07) is 7.89. The smallest absolute Gasteiger partial charge is 0.251 e. The fourth-order valence-corrected chi connectivity index (χ4v) is 3.00. The van der Waals surface area contributed by atoms with E-state index < -0.39 is 0 Å². The second kappa shape index (κ2) is 7.93. The number of hydrogen-bond donors (Lipinski definition) is 1. The minimum Gasteiger partial charge on any atom is -0.347 e. The molecule has 0 atom stereocenters. The van der Waals surface area contributed by atoms with Crippen LogP contribution in [0.25, 0.3) is 0 Å². The molecule has 0 radical (unpaired) electrons. The number of nitrogens with zero attached hydrogens (tertiary/aromatic N) is 2. The maximum Gasteiger partial charge on any atom is 0.251 e. The molecule has 1 N–H and O–H groups in total. The highest BCUT2D eigenvalue weighted by Crippen LogP contribution is 2.15. The second-order valence-electron chi connectivity index (χ2n) is 7.24. The van der Waals surface area contributed by atoms with Crippen LogP contribution >= 0.6 is 0 Å². The van der Waals surface area contributed by atoms with E-state index in [-0.39, 0.29) is 11.4 Å². The maximum absolute atomic E-state index is 12.6. The van der Waals surface area contributed by atoms with Crippen molar-refractivity contribution in [1.29, 1.82) is 0 Å². The lowest BCUT2D eigenvalue weighted by atomic mass is 9.98. The van der Waals surface area contributed by atoms with E-state index in [2.05, 4.69) is 42.9 Å². The summed E-state index contributed by atoms with van der Waals surface area (Å²) in [7, 11) is 2.17. The summed E-state index contributed by atoms with van der Waals surface area (Å²) in [5.74, 6) is 0.0471. The van der Waals surface area contributed by atoms with Crippen LogP contribution in [0, 0.1) is 0 Å². The lowest BCUT2D eigenvalue weighted by Gasteiger charge is -2.35. The van der Waals surface area contributed by atoms with Gasteiger partial charge < -0.3 is 15.1 Å². The molecule has 0 aromatic heterocycles.